The molecule has 3 rings (SSSR count). The van der Waals surface area contributed by atoms with Gasteiger partial charge in [0.15, 0.2) is 0 Å². The van der Waals surface area contributed by atoms with Crippen molar-refractivity contribution in [1.29, 1.82) is 0 Å². The molecule has 19 heavy (non-hydrogen) atoms. The van der Waals surface area contributed by atoms with Gasteiger partial charge in [0.2, 0.25) is 0 Å². The van der Waals surface area contributed by atoms with Crippen LogP contribution in [0.25, 0.3) is 0 Å². The van der Waals surface area contributed by atoms with Crippen LogP contribution in [0, 0.1) is 0 Å². The molecule has 1 aromatic heterocycles. The summed E-state index contributed by atoms with van der Waals surface area (Å²) in [7, 11) is 0. The normalized spacial score (nSPS) is 13.9. The topological polar surface area (TPSA) is 48.4 Å². The third kappa shape index (κ3) is 2.82. The first-order chi connectivity index (χ1) is 9.35. The molecule has 0 radical (unpaired) electrons. The predicted octanol–water partition coefficient (Wildman–Crippen LogP) is 2.70. The second-order valence-electron chi connectivity index (χ2n) is 4.98. The van der Waals surface area contributed by atoms with E-state index in [0.29, 0.717) is 6.54 Å². The molecule has 1 aliphatic rings. The average molecular weight is 257 g/mol. The lowest BCUT2D eigenvalue weighted by Crippen LogP contribution is -2.08. The number of benzene rings is 1. The lowest BCUT2D eigenvalue weighted by atomic mass is 10.0. The molecule has 100 valence electrons. The van der Waals surface area contributed by atoms with Gasteiger partial charge >= 0.3 is 0 Å². The Balaban J connectivity index is 1.75. The fraction of sp³-hybridized carbons (Fsp3) is 0.375. The van der Waals surface area contributed by atoms with Crippen LogP contribution < -0.4 is 10.5 Å². The second kappa shape index (κ2) is 5.49. The number of furan rings is 1. The first-order valence-electron chi connectivity index (χ1n) is 6.87. The summed E-state index contributed by atoms with van der Waals surface area (Å²) < 4.78 is 11.4. The van der Waals surface area contributed by atoms with E-state index in [9.17, 15) is 0 Å². The Labute approximate surface area is 113 Å². The summed E-state index contributed by atoms with van der Waals surface area (Å²) in [5.74, 6) is 3.01. The van der Waals surface area contributed by atoms with E-state index in [1.807, 2.05) is 12.1 Å². The van der Waals surface area contributed by atoms with Crippen molar-refractivity contribution >= 4 is 0 Å². The minimum atomic E-state index is 0.628. The van der Waals surface area contributed by atoms with Crippen LogP contribution in [0.2, 0.25) is 0 Å². The van der Waals surface area contributed by atoms with Crippen LogP contribution in [0.3, 0.4) is 0 Å². The van der Waals surface area contributed by atoms with E-state index >= 15 is 0 Å². The predicted molar refractivity (Wildman–Crippen MR) is 74.5 cm³/mol. The number of ether oxygens (including phenoxy) is 1. The van der Waals surface area contributed by atoms with Gasteiger partial charge in [-0.05, 0) is 48.7 Å². The standard InChI is InChI=1S/C16H19NO2/c17-8-7-14-4-5-15(19-14)11-12-3-6-16-13(10-12)2-1-9-18-16/h3-6,10H,1-2,7-9,11,17H2. The van der Waals surface area contributed by atoms with Gasteiger partial charge in [0.1, 0.15) is 17.3 Å². The minimum absolute atomic E-state index is 0.628. The van der Waals surface area contributed by atoms with Crippen LogP contribution >= 0.6 is 0 Å². The summed E-state index contributed by atoms with van der Waals surface area (Å²) in [4.78, 5) is 0. The van der Waals surface area contributed by atoms with E-state index in [-0.39, 0.29) is 0 Å². The van der Waals surface area contributed by atoms with Crippen LogP contribution in [0.5, 0.6) is 5.75 Å². The van der Waals surface area contributed by atoms with Crippen LogP contribution in [0.15, 0.2) is 34.7 Å². The molecule has 0 aliphatic carbocycles. The molecule has 1 aromatic carbocycles. The summed E-state index contributed by atoms with van der Waals surface area (Å²) in [6.45, 7) is 1.47. The van der Waals surface area contributed by atoms with Gasteiger partial charge in [0, 0.05) is 12.8 Å². The number of hydrogen-bond acceptors (Lipinski definition) is 3. The van der Waals surface area contributed by atoms with Gasteiger partial charge in [-0.25, -0.2) is 0 Å². The van der Waals surface area contributed by atoms with Crippen molar-refractivity contribution < 1.29 is 9.15 Å². The highest BCUT2D eigenvalue weighted by Gasteiger charge is 2.11. The molecule has 0 atom stereocenters. The van der Waals surface area contributed by atoms with E-state index in [4.69, 9.17) is 14.9 Å². The van der Waals surface area contributed by atoms with Crippen LogP contribution in [0.1, 0.15) is 29.1 Å². The number of rotatable bonds is 4. The van der Waals surface area contributed by atoms with E-state index in [1.54, 1.807) is 0 Å². The maximum atomic E-state index is 5.76. The molecule has 0 saturated carbocycles. The Morgan fingerprint density at radius 2 is 2.00 bits per heavy atom. The smallest absolute Gasteiger partial charge is 0.122 e. The van der Waals surface area contributed by atoms with Crippen LogP contribution in [0.4, 0.5) is 0 Å². The molecule has 2 heterocycles. The average Bonchev–Trinajstić information content (AvgIpc) is 2.86. The highest BCUT2D eigenvalue weighted by Crippen LogP contribution is 2.26. The van der Waals surface area contributed by atoms with E-state index in [2.05, 4.69) is 18.2 Å². The third-order valence-electron chi connectivity index (χ3n) is 3.46. The number of nitrogens with two attached hydrogens (primary N) is 1. The van der Waals surface area contributed by atoms with Crippen molar-refractivity contribution in [3.8, 4) is 5.75 Å². The minimum Gasteiger partial charge on any atom is -0.493 e. The highest BCUT2D eigenvalue weighted by atomic mass is 16.5. The lowest BCUT2D eigenvalue weighted by Gasteiger charge is -2.17. The summed E-state index contributed by atoms with van der Waals surface area (Å²) in [6.07, 6.45) is 3.85. The zero-order valence-corrected chi connectivity index (χ0v) is 11.0. The molecule has 2 aromatic rings. The molecule has 3 nitrogen and oxygen atoms in total. The van der Waals surface area contributed by atoms with Gasteiger partial charge in [0.05, 0.1) is 6.61 Å². The molecule has 3 heteroatoms. The summed E-state index contributed by atoms with van der Waals surface area (Å²) in [6, 6.07) is 10.5. The number of hydrogen-bond donors (Lipinski definition) is 1. The first kappa shape index (κ1) is 12.3. The molecule has 1 aliphatic heterocycles. The Morgan fingerprint density at radius 1 is 1.11 bits per heavy atom. The lowest BCUT2D eigenvalue weighted by molar-refractivity contribution is 0.288. The Kier molecular flexibility index (Phi) is 3.56. The highest BCUT2D eigenvalue weighted by molar-refractivity contribution is 5.39. The zero-order valence-electron chi connectivity index (χ0n) is 11.0. The SMILES string of the molecule is NCCc1ccc(Cc2ccc3c(c2)CCCO3)o1. The van der Waals surface area contributed by atoms with Gasteiger partial charge in [-0.15, -0.1) is 0 Å². The monoisotopic (exact) mass is 257 g/mol. The molecular formula is C16H19NO2. The molecule has 0 bridgehead atoms. The number of fused-ring (bicyclic) bond motifs is 1. The van der Waals surface area contributed by atoms with E-state index in [1.165, 1.54) is 11.1 Å². The van der Waals surface area contributed by atoms with Crippen molar-refractivity contribution in [3.63, 3.8) is 0 Å². The quantitative estimate of drug-likeness (QED) is 0.916. The molecular weight excluding hydrogens is 238 g/mol. The summed E-state index contributed by atoms with van der Waals surface area (Å²) >= 11 is 0. The van der Waals surface area contributed by atoms with E-state index < -0.39 is 0 Å². The van der Waals surface area contributed by atoms with Crippen molar-refractivity contribution in [1.82, 2.24) is 0 Å². The zero-order chi connectivity index (χ0) is 13.1. The van der Waals surface area contributed by atoms with Gasteiger partial charge in [-0.2, -0.15) is 0 Å². The molecule has 2 N–H and O–H groups in total. The third-order valence-corrected chi connectivity index (χ3v) is 3.46. The largest absolute Gasteiger partial charge is 0.493 e. The second-order valence-corrected chi connectivity index (χ2v) is 4.98. The van der Waals surface area contributed by atoms with Gasteiger partial charge < -0.3 is 14.9 Å². The fourth-order valence-electron chi connectivity index (χ4n) is 2.52. The van der Waals surface area contributed by atoms with Crippen molar-refractivity contribution in [2.45, 2.75) is 25.7 Å². The number of aryl methyl sites for hydroxylation is 1. The Hall–Kier alpha value is -1.74. The van der Waals surface area contributed by atoms with Crippen molar-refractivity contribution in [2.24, 2.45) is 5.73 Å². The van der Waals surface area contributed by atoms with Crippen molar-refractivity contribution in [3.05, 3.63) is 53.0 Å². The summed E-state index contributed by atoms with van der Waals surface area (Å²) in [5, 5.41) is 0. The molecule has 0 fully saturated rings. The first-order valence-corrected chi connectivity index (χ1v) is 6.87. The van der Waals surface area contributed by atoms with Crippen LogP contribution in [-0.2, 0) is 19.3 Å². The van der Waals surface area contributed by atoms with Gasteiger partial charge in [-0.1, -0.05) is 12.1 Å². The molecule has 0 amide bonds. The van der Waals surface area contributed by atoms with Gasteiger partial charge in [0.25, 0.3) is 0 Å². The van der Waals surface area contributed by atoms with Gasteiger partial charge in [-0.3, -0.25) is 0 Å². The molecule has 0 unspecified atom stereocenters. The maximum absolute atomic E-state index is 5.76. The molecule has 0 spiro atoms. The fourth-order valence-corrected chi connectivity index (χ4v) is 2.52. The summed E-state index contributed by atoms with van der Waals surface area (Å²) in [5.41, 5.74) is 8.12. The molecule has 0 saturated heterocycles. The van der Waals surface area contributed by atoms with Crippen molar-refractivity contribution in [2.75, 3.05) is 13.2 Å². The Morgan fingerprint density at radius 3 is 2.89 bits per heavy atom. The maximum Gasteiger partial charge on any atom is 0.122 e. The van der Waals surface area contributed by atoms with E-state index in [0.717, 1.165) is 49.6 Å². The van der Waals surface area contributed by atoms with Crippen LogP contribution in [-0.4, -0.2) is 13.2 Å². The Bertz CT molecular complexity index is 560.